The van der Waals surface area contributed by atoms with E-state index in [0.29, 0.717) is 23.9 Å². The summed E-state index contributed by atoms with van der Waals surface area (Å²) in [6, 6.07) is 6.02. The van der Waals surface area contributed by atoms with Crippen LogP contribution < -0.4 is 9.47 Å². The summed E-state index contributed by atoms with van der Waals surface area (Å²) in [4.78, 5) is 15.3. The molecule has 1 N–H and O–H groups in total. The molecule has 1 aliphatic rings. The zero-order valence-corrected chi connectivity index (χ0v) is 16.5. The highest BCUT2D eigenvalue weighted by molar-refractivity contribution is 5.88. The van der Waals surface area contributed by atoms with Gasteiger partial charge in [0.1, 0.15) is 23.7 Å². The molecule has 1 aromatic heterocycles. The van der Waals surface area contributed by atoms with Crippen molar-refractivity contribution in [2.24, 2.45) is 0 Å². The molecule has 6 nitrogen and oxygen atoms in total. The summed E-state index contributed by atoms with van der Waals surface area (Å²) in [5.41, 5.74) is -1.16. The molecule has 2 aromatic rings. The van der Waals surface area contributed by atoms with E-state index >= 15 is 0 Å². The predicted molar refractivity (Wildman–Crippen MR) is 101 cm³/mol. The van der Waals surface area contributed by atoms with Crippen molar-refractivity contribution < 1.29 is 37.3 Å². The van der Waals surface area contributed by atoms with Gasteiger partial charge in [-0.25, -0.2) is 4.79 Å². The van der Waals surface area contributed by atoms with Crippen molar-refractivity contribution in [3.8, 4) is 11.5 Å². The van der Waals surface area contributed by atoms with Crippen LogP contribution in [0, 0.1) is 0 Å². The number of aromatic carboxylic acids is 1. The number of pyridine rings is 1. The van der Waals surface area contributed by atoms with Crippen LogP contribution in [0.25, 0.3) is 0 Å². The van der Waals surface area contributed by atoms with E-state index in [1.807, 2.05) is 0 Å². The molecule has 0 aliphatic heterocycles. The van der Waals surface area contributed by atoms with Crippen molar-refractivity contribution in [2.75, 3.05) is 7.11 Å². The molecule has 1 saturated carbocycles. The van der Waals surface area contributed by atoms with Gasteiger partial charge in [-0.1, -0.05) is 6.92 Å². The first-order valence-corrected chi connectivity index (χ1v) is 9.47. The van der Waals surface area contributed by atoms with E-state index in [9.17, 15) is 18.0 Å². The van der Waals surface area contributed by atoms with Crippen LogP contribution in [-0.4, -0.2) is 35.4 Å². The highest BCUT2D eigenvalue weighted by Crippen LogP contribution is 2.39. The topological polar surface area (TPSA) is 77.9 Å². The Morgan fingerprint density at radius 1 is 1.23 bits per heavy atom. The molecule has 1 aliphatic carbocycles. The number of carboxylic acid groups (broad SMARTS) is 1. The van der Waals surface area contributed by atoms with Gasteiger partial charge < -0.3 is 19.3 Å². The van der Waals surface area contributed by atoms with Crippen molar-refractivity contribution in [1.29, 1.82) is 0 Å². The summed E-state index contributed by atoms with van der Waals surface area (Å²) in [6.45, 7) is 1.76. The number of benzene rings is 1. The van der Waals surface area contributed by atoms with Crippen LogP contribution in [0.2, 0.25) is 0 Å². The number of rotatable bonds is 8. The average molecular weight is 425 g/mol. The predicted octanol–water partition coefficient (Wildman–Crippen LogP) is 4.88. The number of hydrogen-bond acceptors (Lipinski definition) is 5. The van der Waals surface area contributed by atoms with Gasteiger partial charge >= 0.3 is 12.1 Å². The van der Waals surface area contributed by atoms with Gasteiger partial charge in [0.05, 0.1) is 29.1 Å². The summed E-state index contributed by atoms with van der Waals surface area (Å²) in [5.74, 6) is -1.32. The Bertz CT molecular complexity index is 879. The quantitative estimate of drug-likeness (QED) is 0.649. The molecular formula is C21H22F3NO5. The van der Waals surface area contributed by atoms with Crippen LogP contribution in [-0.2, 0) is 10.9 Å². The highest BCUT2D eigenvalue weighted by atomic mass is 19.4. The molecule has 0 spiro atoms. The SMILES string of the molecule is CC[C@@H](Oc1ccc(C(=O)O)cc1C(F)(F)F)c1ccc(OC2CC(OC)C2)cn1. The molecule has 0 bridgehead atoms. The largest absolute Gasteiger partial charge is 0.489 e. The molecule has 162 valence electrons. The lowest BCUT2D eigenvalue weighted by Gasteiger charge is -2.34. The van der Waals surface area contributed by atoms with E-state index in [4.69, 9.17) is 19.3 Å². The third kappa shape index (κ3) is 5.02. The number of hydrogen-bond donors (Lipinski definition) is 1. The Morgan fingerprint density at radius 3 is 2.50 bits per heavy atom. The maximum Gasteiger partial charge on any atom is 0.419 e. The minimum absolute atomic E-state index is 0.0583. The normalized spacial score (nSPS) is 19.6. The standard InChI is InChI=1S/C21H22F3NO5/c1-3-18(17-6-5-13(11-25-17)29-15-9-14(10-15)28-2)30-19-7-4-12(20(26)27)8-16(19)21(22,23)24/h4-8,11,14-15,18H,3,9-10H2,1-2H3,(H,26,27)/t14?,15?,18-/m1/s1. The van der Waals surface area contributed by atoms with Gasteiger partial charge in [0.25, 0.3) is 0 Å². The van der Waals surface area contributed by atoms with Gasteiger partial charge in [-0.3, -0.25) is 4.98 Å². The number of halogens is 3. The summed E-state index contributed by atoms with van der Waals surface area (Å²) in [7, 11) is 1.65. The average Bonchev–Trinajstić information content (AvgIpc) is 2.68. The first-order valence-electron chi connectivity index (χ1n) is 9.47. The number of aromatic nitrogens is 1. The number of ether oxygens (including phenoxy) is 3. The monoisotopic (exact) mass is 425 g/mol. The van der Waals surface area contributed by atoms with Crippen LogP contribution in [0.3, 0.4) is 0 Å². The second-order valence-corrected chi connectivity index (χ2v) is 7.02. The van der Waals surface area contributed by atoms with Crippen molar-refractivity contribution in [2.45, 2.75) is 50.7 Å². The Balaban J connectivity index is 1.74. The van der Waals surface area contributed by atoms with Crippen molar-refractivity contribution in [3.05, 3.63) is 53.3 Å². The van der Waals surface area contributed by atoms with Crippen molar-refractivity contribution in [3.63, 3.8) is 0 Å². The van der Waals surface area contributed by atoms with E-state index in [0.717, 1.165) is 25.0 Å². The fraction of sp³-hybridized carbons (Fsp3) is 0.429. The Kier molecular flexibility index (Phi) is 6.50. The number of nitrogens with zero attached hydrogens (tertiary/aromatic N) is 1. The van der Waals surface area contributed by atoms with E-state index in [1.165, 1.54) is 6.20 Å². The third-order valence-electron chi connectivity index (χ3n) is 4.95. The molecule has 1 atom stereocenters. The zero-order chi connectivity index (χ0) is 21.9. The van der Waals surface area contributed by atoms with Crippen molar-refractivity contribution in [1.82, 2.24) is 4.98 Å². The van der Waals surface area contributed by atoms with Crippen LogP contribution in [0.1, 0.15) is 53.9 Å². The molecule has 3 rings (SSSR count). The number of carboxylic acids is 1. The zero-order valence-electron chi connectivity index (χ0n) is 16.5. The number of carbonyl (C=O) groups is 1. The minimum Gasteiger partial charge on any atom is -0.489 e. The van der Waals surface area contributed by atoms with E-state index in [1.54, 1.807) is 26.2 Å². The maximum absolute atomic E-state index is 13.4. The molecule has 0 saturated heterocycles. The summed E-state index contributed by atoms with van der Waals surface area (Å²) < 4.78 is 56.8. The molecule has 0 amide bonds. The number of methoxy groups -OCH3 is 1. The van der Waals surface area contributed by atoms with Gasteiger partial charge in [0.15, 0.2) is 0 Å². The van der Waals surface area contributed by atoms with Crippen molar-refractivity contribution >= 4 is 5.97 Å². The maximum atomic E-state index is 13.4. The van der Waals surface area contributed by atoms with E-state index < -0.39 is 35.1 Å². The number of alkyl halides is 3. The van der Waals surface area contributed by atoms with Crippen LogP contribution in [0.4, 0.5) is 13.2 Å². The first-order chi connectivity index (χ1) is 14.2. The summed E-state index contributed by atoms with van der Waals surface area (Å²) >= 11 is 0. The van der Waals surface area contributed by atoms with Crippen LogP contribution in [0.15, 0.2) is 36.5 Å². The van der Waals surface area contributed by atoms with Gasteiger partial charge in [-0.05, 0) is 36.8 Å². The Labute approximate surface area is 171 Å². The van der Waals surface area contributed by atoms with E-state index in [-0.39, 0.29) is 12.2 Å². The van der Waals surface area contributed by atoms with Gasteiger partial charge in [0, 0.05) is 20.0 Å². The second-order valence-electron chi connectivity index (χ2n) is 7.02. The molecule has 1 heterocycles. The third-order valence-corrected chi connectivity index (χ3v) is 4.95. The molecule has 0 unspecified atom stereocenters. The second kappa shape index (κ2) is 8.91. The molecule has 30 heavy (non-hydrogen) atoms. The summed E-state index contributed by atoms with van der Waals surface area (Å²) in [6.07, 6.45) is -1.76. The lowest BCUT2D eigenvalue weighted by Crippen LogP contribution is -2.38. The highest BCUT2D eigenvalue weighted by Gasteiger charge is 2.36. The summed E-state index contributed by atoms with van der Waals surface area (Å²) in [5, 5.41) is 8.97. The van der Waals surface area contributed by atoms with Crippen LogP contribution in [0.5, 0.6) is 11.5 Å². The fourth-order valence-corrected chi connectivity index (χ4v) is 3.14. The first kappa shape index (κ1) is 21.9. The minimum atomic E-state index is -4.76. The molecule has 9 heteroatoms. The molecule has 0 radical (unpaired) electrons. The Morgan fingerprint density at radius 2 is 1.97 bits per heavy atom. The van der Waals surface area contributed by atoms with Crippen LogP contribution >= 0.6 is 0 Å². The molecular weight excluding hydrogens is 403 g/mol. The van der Waals surface area contributed by atoms with Gasteiger partial charge in [-0.2, -0.15) is 13.2 Å². The van der Waals surface area contributed by atoms with E-state index in [2.05, 4.69) is 4.98 Å². The molecule has 1 aromatic carbocycles. The Hall–Kier alpha value is -2.81. The molecule has 1 fully saturated rings. The van der Waals surface area contributed by atoms with Gasteiger partial charge in [0.2, 0.25) is 0 Å². The van der Waals surface area contributed by atoms with Gasteiger partial charge in [-0.15, -0.1) is 0 Å². The fourth-order valence-electron chi connectivity index (χ4n) is 3.14. The lowest BCUT2D eigenvalue weighted by atomic mass is 9.92. The smallest absolute Gasteiger partial charge is 0.419 e. The lowest BCUT2D eigenvalue weighted by molar-refractivity contribution is -0.139.